The molecule has 3 rings (SSSR count). The number of hydrogen-bond acceptors (Lipinski definition) is 5. The lowest BCUT2D eigenvalue weighted by Crippen LogP contribution is -2.41. The fraction of sp³-hybridized carbons (Fsp3) is 0.692. The molecule has 0 atom stereocenters. The molecule has 0 unspecified atom stereocenters. The van der Waals surface area contributed by atoms with Crippen LogP contribution in [0.25, 0.3) is 0 Å². The molecule has 0 bridgehead atoms. The first-order valence-electron chi connectivity index (χ1n) is 6.91. The van der Waals surface area contributed by atoms with Gasteiger partial charge in [0.25, 0.3) is 0 Å². The van der Waals surface area contributed by atoms with E-state index in [2.05, 4.69) is 15.6 Å². The Kier molecular flexibility index (Phi) is 5.87. The number of nitrogens with one attached hydrogen (secondary N) is 2. The van der Waals surface area contributed by atoms with Crippen molar-refractivity contribution >= 4 is 41.3 Å². The smallest absolute Gasteiger partial charge is 0.191 e. The van der Waals surface area contributed by atoms with Crippen LogP contribution in [-0.2, 0) is 19.3 Å². The van der Waals surface area contributed by atoms with Gasteiger partial charge in [0, 0.05) is 30.9 Å². The maximum absolute atomic E-state index is 4.75. The predicted octanol–water partition coefficient (Wildman–Crippen LogP) is 2.12. The molecule has 0 aromatic carbocycles. The van der Waals surface area contributed by atoms with Crippen molar-refractivity contribution in [3.63, 3.8) is 0 Å². The van der Waals surface area contributed by atoms with Crippen LogP contribution in [0.1, 0.15) is 34.8 Å². The lowest BCUT2D eigenvalue weighted by atomic mass is 10.0. The minimum absolute atomic E-state index is 0. The van der Waals surface area contributed by atoms with Crippen LogP contribution in [-0.4, -0.2) is 30.6 Å². The van der Waals surface area contributed by atoms with Crippen molar-refractivity contribution in [3.8, 4) is 0 Å². The predicted molar refractivity (Wildman–Crippen MR) is 90.8 cm³/mol. The van der Waals surface area contributed by atoms with Gasteiger partial charge >= 0.3 is 0 Å². The van der Waals surface area contributed by atoms with E-state index in [-0.39, 0.29) is 24.0 Å². The van der Waals surface area contributed by atoms with Crippen molar-refractivity contribution in [3.05, 3.63) is 15.6 Å². The van der Waals surface area contributed by atoms with Gasteiger partial charge in [-0.25, -0.2) is 4.98 Å². The first-order chi connectivity index (χ1) is 8.92. The minimum Gasteiger partial charge on any atom is -0.356 e. The number of aromatic nitrogens is 1. The summed E-state index contributed by atoms with van der Waals surface area (Å²) in [6.45, 7) is 2.91. The Hall–Kier alpha value is -0.370. The second-order valence-corrected chi connectivity index (χ2v) is 6.04. The number of nitrogens with zero attached hydrogens (tertiary/aromatic N) is 2. The van der Waals surface area contributed by atoms with Crippen LogP contribution >= 0.6 is 35.3 Å². The molecule has 6 heteroatoms. The van der Waals surface area contributed by atoms with Crippen LogP contribution in [0.4, 0.5) is 0 Å². The molecule has 0 saturated carbocycles. The first-order valence-corrected chi connectivity index (χ1v) is 7.73. The number of aliphatic imine (C=N–C) groups is 1. The number of guanidine groups is 1. The van der Waals surface area contributed by atoms with E-state index >= 15 is 0 Å². The number of hydrogen-bond donors (Lipinski definition) is 2. The third-order valence-electron chi connectivity index (χ3n) is 3.42. The third kappa shape index (κ3) is 4.05. The summed E-state index contributed by atoms with van der Waals surface area (Å²) in [6, 6.07) is 0. The van der Waals surface area contributed by atoms with E-state index in [9.17, 15) is 0 Å². The number of fused-ring (bicyclic) bond motifs is 1. The van der Waals surface area contributed by atoms with Crippen LogP contribution < -0.4 is 10.6 Å². The maximum atomic E-state index is 4.75. The van der Waals surface area contributed by atoms with Crippen LogP contribution in [0.2, 0.25) is 0 Å². The minimum atomic E-state index is 0. The van der Waals surface area contributed by atoms with Gasteiger partial charge in [-0.05, 0) is 32.1 Å². The van der Waals surface area contributed by atoms with Gasteiger partial charge in [0.15, 0.2) is 5.96 Å². The summed E-state index contributed by atoms with van der Waals surface area (Å²) in [4.78, 5) is 10.7. The van der Waals surface area contributed by atoms with Crippen LogP contribution in [0.3, 0.4) is 0 Å². The van der Waals surface area contributed by atoms with E-state index in [0.717, 1.165) is 38.4 Å². The normalized spacial score (nSPS) is 17.8. The molecule has 1 aliphatic carbocycles. The average molecular weight is 392 g/mol. The molecular formula is C13H21IN4S. The molecule has 0 radical (unpaired) electrons. The molecule has 0 fully saturated rings. The Morgan fingerprint density at radius 2 is 2.11 bits per heavy atom. The van der Waals surface area contributed by atoms with Crippen molar-refractivity contribution < 1.29 is 0 Å². The summed E-state index contributed by atoms with van der Waals surface area (Å²) in [5.74, 6) is 0.961. The molecule has 0 saturated heterocycles. The molecular weight excluding hydrogens is 371 g/mol. The number of aryl methyl sites for hydroxylation is 2. The Labute approximate surface area is 135 Å². The summed E-state index contributed by atoms with van der Waals surface area (Å²) in [5.41, 5.74) is 1.37. The molecule has 1 aromatic heterocycles. The molecule has 2 N–H and O–H groups in total. The largest absolute Gasteiger partial charge is 0.356 e. The summed E-state index contributed by atoms with van der Waals surface area (Å²) < 4.78 is 0. The summed E-state index contributed by atoms with van der Waals surface area (Å²) in [5, 5.41) is 7.92. The molecule has 0 amide bonds. The highest BCUT2D eigenvalue weighted by atomic mass is 127. The van der Waals surface area contributed by atoms with Gasteiger partial charge in [-0.15, -0.1) is 35.3 Å². The van der Waals surface area contributed by atoms with Gasteiger partial charge in [0.1, 0.15) is 0 Å². The maximum Gasteiger partial charge on any atom is 0.191 e. The van der Waals surface area contributed by atoms with Crippen LogP contribution in [0.15, 0.2) is 4.99 Å². The fourth-order valence-electron chi connectivity index (χ4n) is 2.45. The average Bonchev–Trinajstić information content (AvgIpc) is 2.82. The molecule has 1 aromatic rings. The van der Waals surface area contributed by atoms with Crippen molar-refractivity contribution in [2.45, 2.75) is 38.5 Å². The van der Waals surface area contributed by atoms with Crippen LogP contribution in [0.5, 0.6) is 0 Å². The Morgan fingerprint density at radius 1 is 1.21 bits per heavy atom. The van der Waals surface area contributed by atoms with Crippen LogP contribution in [0, 0.1) is 0 Å². The highest BCUT2D eigenvalue weighted by Gasteiger charge is 2.14. The Morgan fingerprint density at radius 3 is 2.89 bits per heavy atom. The van der Waals surface area contributed by atoms with E-state index in [0.29, 0.717) is 0 Å². The van der Waals surface area contributed by atoms with Gasteiger partial charge < -0.3 is 10.6 Å². The molecule has 106 valence electrons. The van der Waals surface area contributed by atoms with Gasteiger partial charge in [-0.1, -0.05) is 0 Å². The van der Waals surface area contributed by atoms with E-state index in [1.54, 1.807) is 0 Å². The molecule has 4 nitrogen and oxygen atoms in total. The lowest BCUT2D eigenvalue weighted by Gasteiger charge is -2.15. The topological polar surface area (TPSA) is 49.3 Å². The fourth-order valence-corrected chi connectivity index (χ4v) is 3.61. The lowest BCUT2D eigenvalue weighted by molar-refractivity contribution is 0.678. The van der Waals surface area contributed by atoms with Crippen molar-refractivity contribution in [1.82, 2.24) is 15.6 Å². The quantitative estimate of drug-likeness (QED) is 0.775. The monoisotopic (exact) mass is 392 g/mol. The van der Waals surface area contributed by atoms with E-state index in [1.165, 1.54) is 41.3 Å². The molecule has 19 heavy (non-hydrogen) atoms. The van der Waals surface area contributed by atoms with E-state index in [4.69, 9.17) is 4.98 Å². The number of thiazole rings is 1. The van der Waals surface area contributed by atoms with Crippen molar-refractivity contribution in [1.29, 1.82) is 0 Å². The van der Waals surface area contributed by atoms with Gasteiger partial charge in [-0.3, -0.25) is 4.99 Å². The summed E-state index contributed by atoms with van der Waals surface area (Å²) in [7, 11) is 0. The molecule has 2 aliphatic rings. The second-order valence-electron chi connectivity index (χ2n) is 4.87. The SMILES string of the molecule is C1CN=C(NCCc2nc3c(s2)CCCC3)NC1.I. The second kappa shape index (κ2) is 7.42. The van der Waals surface area contributed by atoms with Gasteiger partial charge in [-0.2, -0.15) is 0 Å². The molecule has 1 aliphatic heterocycles. The zero-order valence-electron chi connectivity index (χ0n) is 11.1. The number of rotatable bonds is 3. The first kappa shape index (κ1) is 15.0. The highest BCUT2D eigenvalue weighted by molar-refractivity contribution is 14.0. The number of halogens is 1. The van der Waals surface area contributed by atoms with Gasteiger partial charge in [0.05, 0.1) is 10.7 Å². The van der Waals surface area contributed by atoms with Gasteiger partial charge in [0.2, 0.25) is 0 Å². The zero-order chi connectivity index (χ0) is 12.2. The third-order valence-corrected chi connectivity index (χ3v) is 4.64. The highest BCUT2D eigenvalue weighted by Crippen LogP contribution is 2.26. The standard InChI is InChI=1S/C13H20N4S.HI/c1-2-5-11-10(4-1)17-12(18-11)6-9-16-13-14-7-3-8-15-13;/h1-9H2,(H2,14,15,16);1H. The zero-order valence-corrected chi connectivity index (χ0v) is 14.2. The van der Waals surface area contributed by atoms with E-state index < -0.39 is 0 Å². The summed E-state index contributed by atoms with van der Waals surface area (Å²) >= 11 is 1.91. The van der Waals surface area contributed by atoms with E-state index in [1.807, 2.05) is 11.3 Å². The Bertz CT molecular complexity index is 420. The molecule has 0 spiro atoms. The van der Waals surface area contributed by atoms with Crippen molar-refractivity contribution in [2.24, 2.45) is 4.99 Å². The molecule has 2 heterocycles. The van der Waals surface area contributed by atoms with Crippen molar-refractivity contribution in [2.75, 3.05) is 19.6 Å². The Balaban J connectivity index is 0.00000133. The summed E-state index contributed by atoms with van der Waals surface area (Å²) in [6.07, 6.45) is 7.24.